The Bertz CT molecular complexity index is 1270. The van der Waals surface area contributed by atoms with E-state index in [1.165, 1.54) is 18.3 Å². The van der Waals surface area contributed by atoms with Gasteiger partial charge in [-0.15, -0.1) is 0 Å². The molecule has 0 aliphatic carbocycles. The molecule has 0 radical (unpaired) electrons. The van der Waals surface area contributed by atoms with E-state index >= 15 is 0 Å². The summed E-state index contributed by atoms with van der Waals surface area (Å²) in [6.07, 6.45) is 3.21. The third kappa shape index (κ3) is 4.10. The lowest BCUT2D eigenvalue weighted by molar-refractivity contribution is -0.384. The molecule has 2 aromatic carbocycles. The first kappa shape index (κ1) is 19.8. The molecule has 2 aromatic heterocycles. The van der Waals surface area contributed by atoms with Gasteiger partial charge in [0.2, 0.25) is 0 Å². The number of rotatable bonds is 6. The van der Waals surface area contributed by atoms with Gasteiger partial charge in [-0.05, 0) is 25.1 Å². The largest absolute Gasteiger partial charge is 0.360 e. The van der Waals surface area contributed by atoms with Crippen molar-refractivity contribution in [1.29, 1.82) is 0 Å². The standard InChI is InChI=1S/C22H17N5O4/c1-15-20(21(25-31-15)16-7-3-2-4-8-16)22(28)24-23-14-19-11-6-12-26(19)17-9-5-10-18(13-17)27(29)30/h2-14H,1H3,(H,24,28)/b23-14+. The SMILES string of the molecule is Cc1onc(-c2ccccc2)c1C(=O)N/N=C/c1cccn1-c1cccc([N+](=O)[O-])c1. The predicted octanol–water partition coefficient (Wildman–Crippen LogP) is 4.11. The fourth-order valence-corrected chi connectivity index (χ4v) is 3.14. The molecular formula is C22H17N5O4. The Morgan fingerprint density at radius 2 is 1.97 bits per heavy atom. The molecule has 0 spiro atoms. The highest BCUT2D eigenvalue weighted by Crippen LogP contribution is 2.25. The molecular weight excluding hydrogens is 398 g/mol. The molecule has 0 bridgehead atoms. The third-order valence-electron chi connectivity index (χ3n) is 4.60. The number of carbonyl (C=O) groups is 1. The Balaban J connectivity index is 1.55. The van der Waals surface area contributed by atoms with Crippen LogP contribution in [-0.4, -0.2) is 26.8 Å². The summed E-state index contributed by atoms with van der Waals surface area (Å²) in [4.78, 5) is 23.3. The van der Waals surface area contributed by atoms with E-state index in [0.717, 1.165) is 5.56 Å². The first-order valence-electron chi connectivity index (χ1n) is 9.32. The van der Waals surface area contributed by atoms with Crippen LogP contribution < -0.4 is 5.43 Å². The number of nitrogens with zero attached hydrogens (tertiary/aromatic N) is 4. The number of aromatic nitrogens is 2. The quantitative estimate of drug-likeness (QED) is 0.289. The molecule has 1 N–H and O–H groups in total. The van der Waals surface area contributed by atoms with Gasteiger partial charge in [-0.3, -0.25) is 14.9 Å². The summed E-state index contributed by atoms with van der Waals surface area (Å²) >= 11 is 0. The lowest BCUT2D eigenvalue weighted by Crippen LogP contribution is -2.19. The van der Waals surface area contributed by atoms with Crippen LogP contribution in [0.15, 0.2) is 82.6 Å². The number of nitro groups is 1. The maximum Gasteiger partial charge on any atom is 0.277 e. The second-order valence-corrected chi connectivity index (χ2v) is 6.61. The molecule has 0 atom stereocenters. The maximum atomic E-state index is 12.7. The molecule has 9 heteroatoms. The van der Waals surface area contributed by atoms with E-state index in [9.17, 15) is 14.9 Å². The van der Waals surface area contributed by atoms with Gasteiger partial charge >= 0.3 is 0 Å². The highest BCUT2D eigenvalue weighted by atomic mass is 16.6. The minimum absolute atomic E-state index is 0.0150. The predicted molar refractivity (Wildman–Crippen MR) is 114 cm³/mol. The third-order valence-corrected chi connectivity index (χ3v) is 4.60. The molecule has 31 heavy (non-hydrogen) atoms. The van der Waals surface area contributed by atoms with E-state index in [-0.39, 0.29) is 5.69 Å². The molecule has 2 heterocycles. The lowest BCUT2D eigenvalue weighted by atomic mass is 10.1. The van der Waals surface area contributed by atoms with Crippen molar-refractivity contribution in [1.82, 2.24) is 15.1 Å². The van der Waals surface area contributed by atoms with Crippen LogP contribution in [0.4, 0.5) is 5.69 Å². The van der Waals surface area contributed by atoms with Crippen LogP contribution in [0, 0.1) is 17.0 Å². The Morgan fingerprint density at radius 1 is 1.16 bits per heavy atom. The van der Waals surface area contributed by atoms with Crippen molar-refractivity contribution in [2.45, 2.75) is 6.92 Å². The Labute approximate surface area is 176 Å². The van der Waals surface area contributed by atoms with Crippen molar-refractivity contribution in [3.8, 4) is 16.9 Å². The topological polar surface area (TPSA) is 116 Å². The highest BCUT2D eigenvalue weighted by molar-refractivity contribution is 6.01. The second-order valence-electron chi connectivity index (χ2n) is 6.61. The molecule has 1 amide bonds. The fourth-order valence-electron chi connectivity index (χ4n) is 3.14. The molecule has 0 saturated carbocycles. The normalized spacial score (nSPS) is 11.0. The minimum atomic E-state index is -0.456. The summed E-state index contributed by atoms with van der Waals surface area (Å²) in [5.74, 6) is -0.0752. The van der Waals surface area contributed by atoms with Crippen LogP contribution in [0.25, 0.3) is 16.9 Å². The number of benzene rings is 2. The van der Waals surface area contributed by atoms with E-state index < -0.39 is 10.8 Å². The molecule has 9 nitrogen and oxygen atoms in total. The zero-order chi connectivity index (χ0) is 21.8. The summed E-state index contributed by atoms with van der Waals surface area (Å²) in [7, 11) is 0. The Kier molecular flexibility index (Phi) is 5.39. The maximum absolute atomic E-state index is 12.7. The molecule has 0 unspecified atom stereocenters. The van der Waals surface area contributed by atoms with Crippen LogP contribution >= 0.6 is 0 Å². The smallest absolute Gasteiger partial charge is 0.277 e. The zero-order valence-electron chi connectivity index (χ0n) is 16.4. The number of aryl methyl sites for hydroxylation is 1. The van der Waals surface area contributed by atoms with E-state index in [4.69, 9.17) is 4.52 Å². The van der Waals surface area contributed by atoms with E-state index in [1.54, 1.807) is 42.0 Å². The van der Waals surface area contributed by atoms with Gasteiger partial charge in [0.05, 0.1) is 22.5 Å². The van der Waals surface area contributed by atoms with Crippen LogP contribution in [0.1, 0.15) is 21.8 Å². The molecule has 4 rings (SSSR count). The van der Waals surface area contributed by atoms with Gasteiger partial charge in [-0.1, -0.05) is 41.6 Å². The molecule has 0 fully saturated rings. The average Bonchev–Trinajstić information content (AvgIpc) is 3.41. The van der Waals surface area contributed by atoms with Gasteiger partial charge in [0.15, 0.2) is 0 Å². The van der Waals surface area contributed by atoms with Gasteiger partial charge in [0.1, 0.15) is 17.0 Å². The van der Waals surface area contributed by atoms with Crippen LogP contribution in [-0.2, 0) is 0 Å². The fraction of sp³-hybridized carbons (Fsp3) is 0.0455. The van der Waals surface area contributed by atoms with Crippen molar-refractivity contribution < 1.29 is 14.2 Å². The molecule has 0 saturated heterocycles. The number of non-ortho nitro benzene ring substituents is 1. The summed E-state index contributed by atoms with van der Waals surface area (Å²) in [6, 6.07) is 19.0. The van der Waals surface area contributed by atoms with Crippen LogP contribution in [0.2, 0.25) is 0 Å². The summed E-state index contributed by atoms with van der Waals surface area (Å²) in [5, 5.41) is 19.1. The zero-order valence-corrected chi connectivity index (χ0v) is 16.4. The van der Waals surface area contributed by atoms with Gasteiger partial charge < -0.3 is 9.09 Å². The number of nitro benzene ring substituents is 1. The Morgan fingerprint density at radius 3 is 2.74 bits per heavy atom. The first-order chi connectivity index (χ1) is 15.0. The van der Waals surface area contributed by atoms with Crippen molar-refractivity contribution in [3.63, 3.8) is 0 Å². The number of hydrogen-bond donors (Lipinski definition) is 1. The summed E-state index contributed by atoms with van der Waals surface area (Å²) in [5.41, 5.74) is 5.21. The number of hydrazone groups is 1. The number of hydrogen-bond acceptors (Lipinski definition) is 6. The van der Waals surface area contributed by atoms with Gasteiger partial charge in [-0.2, -0.15) is 5.10 Å². The minimum Gasteiger partial charge on any atom is -0.360 e. The van der Waals surface area contributed by atoms with E-state index in [0.29, 0.717) is 28.4 Å². The molecule has 154 valence electrons. The van der Waals surface area contributed by atoms with E-state index in [1.807, 2.05) is 30.3 Å². The van der Waals surface area contributed by atoms with Crippen molar-refractivity contribution in [3.05, 3.63) is 100 Å². The van der Waals surface area contributed by atoms with Gasteiger partial charge in [0.25, 0.3) is 11.6 Å². The second kappa shape index (κ2) is 8.46. The molecule has 4 aromatic rings. The first-order valence-corrected chi connectivity index (χ1v) is 9.32. The van der Waals surface area contributed by atoms with E-state index in [2.05, 4.69) is 15.7 Å². The Hall–Kier alpha value is -4.53. The van der Waals surface area contributed by atoms with Crippen LogP contribution in [0.3, 0.4) is 0 Å². The monoisotopic (exact) mass is 415 g/mol. The number of amides is 1. The van der Waals surface area contributed by atoms with Crippen molar-refractivity contribution >= 4 is 17.8 Å². The van der Waals surface area contributed by atoms with Crippen molar-refractivity contribution in [2.24, 2.45) is 5.10 Å². The molecule has 0 aliphatic rings. The number of carbonyl (C=O) groups excluding carboxylic acids is 1. The molecule has 0 aliphatic heterocycles. The van der Waals surface area contributed by atoms with Crippen molar-refractivity contribution in [2.75, 3.05) is 0 Å². The van der Waals surface area contributed by atoms with Crippen LogP contribution in [0.5, 0.6) is 0 Å². The summed E-state index contributed by atoms with van der Waals surface area (Å²) < 4.78 is 6.93. The number of nitrogens with one attached hydrogen (secondary N) is 1. The van der Waals surface area contributed by atoms with Gasteiger partial charge in [-0.25, -0.2) is 5.43 Å². The summed E-state index contributed by atoms with van der Waals surface area (Å²) in [6.45, 7) is 1.66. The average molecular weight is 415 g/mol. The van der Waals surface area contributed by atoms with Gasteiger partial charge in [0, 0.05) is 23.9 Å². The lowest BCUT2D eigenvalue weighted by Gasteiger charge is -2.06. The highest BCUT2D eigenvalue weighted by Gasteiger charge is 2.21.